The molecule has 0 aromatic heterocycles. The Bertz CT molecular complexity index is 382. The Morgan fingerprint density at radius 3 is 2.28 bits per heavy atom. The summed E-state index contributed by atoms with van der Waals surface area (Å²) in [5, 5.41) is 3.34. The van der Waals surface area contributed by atoms with Gasteiger partial charge in [0.1, 0.15) is 0 Å². The molecule has 1 saturated carbocycles. The van der Waals surface area contributed by atoms with Gasteiger partial charge >= 0.3 is 0 Å². The lowest BCUT2D eigenvalue weighted by Crippen LogP contribution is -2.61. The van der Waals surface area contributed by atoms with Crippen molar-refractivity contribution in [2.75, 3.05) is 19.4 Å². The third-order valence-corrected chi connectivity index (χ3v) is 6.76. The molecule has 0 aromatic carbocycles. The Morgan fingerprint density at radius 1 is 1.33 bits per heavy atom. The van der Waals surface area contributed by atoms with Crippen LogP contribution in [0.2, 0.25) is 0 Å². The van der Waals surface area contributed by atoms with Gasteiger partial charge in [0.2, 0.25) is 0 Å². The van der Waals surface area contributed by atoms with Gasteiger partial charge in [0.15, 0.2) is 9.84 Å². The first-order valence-electron chi connectivity index (χ1n) is 6.51. The van der Waals surface area contributed by atoms with Crippen molar-refractivity contribution in [3.63, 3.8) is 0 Å². The standard InChI is InChI=1S/C13H27NO3S/c1-12(2,3)18(15,16)8-7-14-10-9-11(17-6)13(10,4)5/h10-11,14H,7-9H2,1-6H3. The van der Waals surface area contributed by atoms with Gasteiger partial charge in [-0.05, 0) is 27.2 Å². The van der Waals surface area contributed by atoms with Crippen molar-refractivity contribution in [3.8, 4) is 0 Å². The molecule has 1 aliphatic rings. The van der Waals surface area contributed by atoms with E-state index in [9.17, 15) is 8.42 Å². The first-order chi connectivity index (χ1) is 8.02. The fraction of sp³-hybridized carbons (Fsp3) is 1.00. The lowest BCUT2D eigenvalue weighted by molar-refractivity contribution is -0.0968. The highest BCUT2D eigenvalue weighted by Crippen LogP contribution is 2.42. The normalized spacial score (nSPS) is 27.9. The quantitative estimate of drug-likeness (QED) is 0.829. The smallest absolute Gasteiger partial charge is 0.156 e. The molecule has 1 N–H and O–H groups in total. The molecule has 108 valence electrons. The second-order valence-corrected chi connectivity index (χ2v) is 9.58. The minimum atomic E-state index is -3.03. The monoisotopic (exact) mass is 277 g/mol. The van der Waals surface area contributed by atoms with Crippen LogP contribution in [0.4, 0.5) is 0 Å². The van der Waals surface area contributed by atoms with Crippen LogP contribution in [0.5, 0.6) is 0 Å². The van der Waals surface area contributed by atoms with Gasteiger partial charge in [-0.2, -0.15) is 0 Å². The van der Waals surface area contributed by atoms with Crippen LogP contribution in [-0.2, 0) is 14.6 Å². The number of methoxy groups -OCH3 is 1. The summed E-state index contributed by atoms with van der Waals surface area (Å²) in [6, 6.07) is 0.345. The van der Waals surface area contributed by atoms with Crippen molar-refractivity contribution >= 4 is 9.84 Å². The van der Waals surface area contributed by atoms with Crippen LogP contribution in [-0.4, -0.2) is 44.7 Å². The van der Waals surface area contributed by atoms with Crippen molar-refractivity contribution in [2.45, 2.75) is 57.9 Å². The third kappa shape index (κ3) is 3.06. The van der Waals surface area contributed by atoms with Crippen molar-refractivity contribution in [3.05, 3.63) is 0 Å². The van der Waals surface area contributed by atoms with Crippen molar-refractivity contribution in [1.82, 2.24) is 5.32 Å². The van der Waals surface area contributed by atoms with Gasteiger partial charge in [-0.15, -0.1) is 0 Å². The topological polar surface area (TPSA) is 55.4 Å². The number of hydrogen-bond acceptors (Lipinski definition) is 4. The summed E-state index contributed by atoms with van der Waals surface area (Å²) in [4.78, 5) is 0. The Balaban J connectivity index is 2.42. The molecular weight excluding hydrogens is 250 g/mol. The van der Waals surface area contributed by atoms with Crippen molar-refractivity contribution in [2.24, 2.45) is 5.41 Å². The predicted octanol–water partition coefficient (Wildman–Crippen LogP) is 1.60. The number of sulfone groups is 1. The van der Waals surface area contributed by atoms with Crippen LogP contribution >= 0.6 is 0 Å². The number of rotatable bonds is 5. The Hall–Kier alpha value is -0.130. The van der Waals surface area contributed by atoms with Crippen LogP contribution in [0.25, 0.3) is 0 Å². The number of ether oxygens (including phenoxy) is 1. The van der Waals surface area contributed by atoms with E-state index in [2.05, 4.69) is 19.2 Å². The lowest BCUT2D eigenvalue weighted by Gasteiger charge is -2.51. The van der Waals surface area contributed by atoms with E-state index in [1.165, 1.54) is 0 Å². The maximum Gasteiger partial charge on any atom is 0.156 e. The van der Waals surface area contributed by atoms with E-state index >= 15 is 0 Å². The molecule has 1 fully saturated rings. The molecule has 1 rings (SSSR count). The first-order valence-corrected chi connectivity index (χ1v) is 8.16. The van der Waals surface area contributed by atoms with Gasteiger partial charge in [-0.3, -0.25) is 0 Å². The van der Waals surface area contributed by atoms with Gasteiger partial charge in [0.25, 0.3) is 0 Å². The van der Waals surface area contributed by atoms with Crippen LogP contribution < -0.4 is 5.32 Å². The summed E-state index contributed by atoms with van der Waals surface area (Å²) in [6.45, 7) is 10.1. The molecule has 5 heteroatoms. The molecule has 0 saturated heterocycles. The van der Waals surface area contributed by atoms with Gasteiger partial charge in [-0.25, -0.2) is 8.42 Å². The zero-order valence-electron chi connectivity index (χ0n) is 12.4. The van der Waals surface area contributed by atoms with Crippen LogP contribution in [0.3, 0.4) is 0 Å². The summed E-state index contributed by atoms with van der Waals surface area (Å²) in [7, 11) is -1.30. The van der Waals surface area contributed by atoms with Crippen LogP contribution in [0, 0.1) is 5.41 Å². The van der Waals surface area contributed by atoms with Crippen LogP contribution in [0.15, 0.2) is 0 Å². The molecular formula is C13H27NO3S. The number of hydrogen-bond donors (Lipinski definition) is 1. The average molecular weight is 277 g/mol. The maximum atomic E-state index is 12.0. The third-order valence-electron chi connectivity index (χ3n) is 4.16. The second-order valence-electron chi connectivity index (χ2n) is 6.72. The van der Waals surface area contributed by atoms with E-state index in [1.54, 1.807) is 27.9 Å². The highest BCUT2D eigenvalue weighted by Gasteiger charge is 2.48. The molecule has 0 heterocycles. The average Bonchev–Trinajstić information content (AvgIpc) is 2.20. The fourth-order valence-corrected chi connectivity index (χ4v) is 3.30. The molecule has 0 aliphatic heterocycles. The molecule has 1 aliphatic carbocycles. The van der Waals surface area contributed by atoms with Gasteiger partial charge in [0.05, 0.1) is 16.6 Å². The molecule has 4 nitrogen and oxygen atoms in total. The summed E-state index contributed by atoms with van der Waals surface area (Å²) in [5.41, 5.74) is 0.0836. The minimum absolute atomic E-state index is 0.0836. The maximum absolute atomic E-state index is 12.0. The summed E-state index contributed by atoms with van der Waals surface area (Å²) in [6.07, 6.45) is 1.23. The molecule has 2 unspecified atom stereocenters. The highest BCUT2D eigenvalue weighted by molar-refractivity contribution is 7.92. The molecule has 0 aromatic rings. The SMILES string of the molecule is COC1CC(NCCS(=O)(=O)C(C)(C)C)C1(C)C. The predicted molar refractivity (Wildman–Crippen MR) is 74.5 cm³/mol. The summed E-state index contributed by atoms with van der Waals surface area (Å²) in [5.74, 6) is 0.195. The summed E-state index contributed by atoms with van der Waals surface area (Å²) < 4.78 is 28.6. The molecule has 0 amide bonds. The molecule has 18 heavy (non-hydrogen) atoms. The van der Waals surface area contributed by atoms with Crippen molar-refractivity contribution in [1.29, 1.82) is 0 Å². The van der Waals surface area contributed by atoms with Gasteiger partial charge in [0, 0.05) is 25.1 Å². The van der Waals surface area contributed by atoms with E-state index in [0.717, 1.165) is 6.42 Å². The summed E-state index contributed by atoms with van der Waals surface area (Å²) >= 11 is 0. The van der Waals surface area contributed by atoms with E-state index in [1.807, 2.05) is 0 Å². The minimum Gasteiger partial charge on any atom is -0.381 e. The molecule has 0 radical (unpaired) electrons. The Morgan fingerprint density at radius 2 is 1.89 bits per heavy atom. The van der Waals surface area contributed by atoms with E-state index in [0.29, 0.717) is 12.6 Å². The molecule has 2 atom stereocenters. The largest absolute Gasteiger partial charge is 0.381 e. The van der Waals surface area contributed by atoms with Crippen molar-refractivity contribution < 1.29 is 13.2 Å². The second kappa shape index (κ2) is 5.10. The van der Waals surface area contributed by atoms with Gasteiger partial charge < -0.3 is 10.1 Å². The zero-order chi connectivity index (χ0) is 14.2. The highest BCUT2D eigenvalue weighted by atomic mass is 32.2. The zero-order valence-corrected chi connectivity index (χ0v) is 13.2. The van der Waals surface area contributed by atoms with Crippen LogP contribution in [0.1, 0.15) is 41.0 Å². The molecule has 0 spiro atoms. The van der Waals surface area contributed by atoms with E-state index < -0.39 is 14.6 Å². The lowest BCUT2D eigenvalue weighted by atomic mass is 9.64. The van der Waals surface area contributed by atoms with Gasteiger partial charge in [-0.1, -0.05) is 13.8 Å². The number of nitrogens with one attached hydrogen (secondary N) is 1. The van der Waals surface area contributed by atoms with E-state index in [-0.39, 0.29) is 17.3 Å². The Kier molecular flexibility index (Phi) is 4.51. The van der Waals surface area contributed by atoms with E-state index in [4.69, 9.17) is 4.74 Å². The molecule has 0 bridgehead atoms. The Labute approximate surface area is 111 Å². The first kappa shape index (κ1) is 15.9. The fourth-order valence-electron chi connectivity index (χ4n) is 2.31.